The van der Waals surface area contributed by atoms with Crippen LogP contribution in [0, 0.1) is 23.7 Å². The van der Waals surface area contributed by atoms with Crippen LogP contribution in [0.1, 0.15) is 144 Å². The summed E-state index contributed by atoms with van der Waals surface area (Å²) in [6.45, 7) is 14.6. The second-order valence-corrected chi connectivity index (χ2v) is 9.75. The molecule has 4 unspecified atom stereocenters. The van der Waals surface area contributed by atoms with Gasteiger partial charge in [-0.1, -0.05) is 131 Å². The van der Waals surface area contributed by atoms with Gasteiger partial charge in [0.25, 0.3) is 0 Å². The van der Waals surface area contributed by atoms with Crippen LogP contribution in [0.3, 0.4) is 0 Å². The fourth-order valence-corrected chi connectivity index (χ4v) is 4.52. The predicted octanol–water partition coefficient (Wildman–Crippen LogP) is 9.81. The smallest absolute Gasteiger partial charge is 0.0414 e. The van der Waals surface area contributed by atoms with Crippen LogP contribution in [0.5, 0.6) is 0 Å². The Hall–Kier alpha value is 0. The summed E-state index contributed by atoms with van der Waals surface area (Å²) in [6.07, 6.45) is 23.1. The monoisotopic (exact) mass is 366 g/mol. The Bertz CT molecular complexity index is 241. The first-order valence-electron chi connectivity index (χ1n) is 12.5. The van der Waals surface area contributed by atoms with Crippen molar-refractivity contribution in [2.24, 2.45) is 23.7 Å². The fourth-order valence-electron chi connectivity index (χ4n) is 4.52. The van der Waals surface area contributed by atoms with Gasteiger partial charge in [0.15, 0.2) is 0 Å². The second kappa shape index (κ2) is 18.4. The molecule has 0 aliphatic rings. The molecule has 0 saturated heterocycles. The third kappa shape index (κ3) is 16.2. The molecule has 0 heteroatoms. The van der Waals surface area contributed by atoms with Crippen LogP contribution in [0.4, 0.5) is 0 Å². The average molecular weight is 367 g/mol. The van der Waals surface area contributed by atoms with Crippen LogP contribution >= 0.6 is 0 Å². The van der Waals surface area contributed by atoms with Gasteiger partial charge in [-0.25, -0.2) is 0 Å². The van der Waals surface area contributed by atoms with E-state index in [4.69, 9.17) is 0 Å². The Labute approximate surface area is 168 Å². The van der Waals surface area contributed by atoms with E-state index >= 15 is 0 Å². The second-order valence-electron chi connectivity index (χ2n) is 9.75. The van der Waals surface area contributed by atoms with E-state index in [1.807, 2.05) is 0 Å². The first kappa shape index (κ1) is 26.0. The largest absolute Gasteiger partial charge is 0.0654 e. The van der Waals surface area contributed by atoms with Gasteiger partial charge in [0.2, 0.25) is 0 Å². The summed E-state index contributed by atoms with van der Waals surface area (Å²) in [5.74, 6) is 3.65. The van der Waals surface area contributed by atoms with Crippen LogP contribution in [-0.2, 0) is 0 Å². The molecule has 26 heavy (non-hydrogen) atoms. The van der Waals surface area contributed by atoms with Crippen molar-refractivity contribution in [2.45, 2.75) is 144 Å². The molecule has 0 saturated carbocycles. The lowest BCUT2D eigenvalue weighted by atomic mass is 9.80. The van der Waals surface area contributed by atoms with E-state index in [1.54, 1.807) is 0 Å². The highest BCUT2D eigenvalue weighted by atomic mass is 14.2. The van der Waals surface area contributed by atoms with Crippen molar-refractivity contribution in [1.29, 1.82) is 0 Å². The van der Waals surface area contributed by atoms with E-state index in [-0.39, 0.29) is 0 Å². The van der Waals surface area contributed by atoms with Gasteiger partial charge in [-0.3, -0.25) is 0 Å². The van der Waals surface area contributed by atoms with Crippen LogP contribution < -0.4 is 0 Å². The molecule has 0 aliphatic carbocycles. The molecule has 0 rings (SSSR count). The standard InChI is InChI=1S/C26H54/c1-7-9-11-13-15-17-19-23(3)21-25(5)26(6)22-24(4)20-18-16-14-12-10-8-2/h23-26H,7-22H2,1-6H3. The van der Waals surface area contributed by atoms with E-state index in [2.05, 4.69) is 41.5 Å². The van der Waals surface area contributed by atoms with E-state index in [0.717, 1.165) is 23.7 Å². The SMILES string of the molecule is CCCCCCCCC(C)CC(C)C(C)CC(C)CCCCCCCC. The fraction of sp³-hybridized carbons (Fsp3) is 1.00. The number of rotatable bonds is 19. The van der Waals surface area contributed by atoms with Gasteiger partial charge in [-0.2, -0.15) is 0 Å². The van der Waals surface area contributed by atoms with E-state index in [1.165, 1.54) is 103 Å². The number of hydrogen-bond acceptors (Lipinski definition) is 0. The molecule has 0 N–H and O–H groups in total. The van der Waals surface area contributed by atoms with Crippen molar-refractivity contribution >= 4 is 0 Å². The molecule has 0 spiro atoms. The minimum absolute atomic E-state index is 0.900. The molecular weight excluding hydrogens is 312 g/mol. The zero-order valence-electron chi connectivity index (χ0n) is 19.6. The maximum Gasteiger partial charge on any atom is -0.0414 e. The summed E-state index contributed by atoms with van der Waals surface area (Å²) in [7, 11) is 0. The molecule has 0 fully saturated rings. The van der Waals surface area contributed by atoms with Crippen molar-refractivity contribution in [3.63, 3.8) is 0 Å². The lowest BCUT2D eigenvalue weighted by Gasteiger charge is -2.26. The Morgan fingerprint density at radius 2 is 0.731 bits per heavy atom. The summed E-state index contributed by atoms with van der Waals surface area (Å²) in [4.78, 5) is 0. The molecule has 0 aromatic carbocycles. The zero-order valence-corrected chi connectivity index (χ0v) is 19.6. The van der Waals surface area contributed by atoms with Gasteiger partial charge in [0.05, 0.1) is 0 Å². The highest BCUT2D eigenvalue weighted by Crippen LogP contribution is 2.29. The Morgan fingerprint density at radius 3 is 1.08 bits per heavy atom. The van der Waals surface area contributed by atoms with E-state index < -0.39 is 0 Å². The van der Waals surface area contributed by atoms with Crippen molar-refractivity contribution in [3.05, 3.63) is 0 Å². The molecule has 0 bridgehead atoms. The summed E-state index contributed by atoms with van der Waals surface area (Å²) < 4.78 is 0. The van der Waals surface area contributed by atoms with Gasteiger partial charge in [-0.05, 0) is 36.5 Å². The first-order valence-corrected chi connectivity index (χ1v) is 12.5. The van der Waals surface area contributed by atoms with E-state index in [0.29, 0.717) is 0 Å². The summed E-state index contributed by atoms with van der Waals surface area (Å²) in [5.41, 5.74) is 0. The summed E-state index contributed by atoms with van der Waals surface area (Å²) in [5, 5.41) is 0. The average Bonchev–Trinajstić information content (AvgIpc) is 2.60. The van der Waals surface area contributed by atoms with Crippen LogP contribution in [0.25, 0.3) is 0 Å². The lowest BCUT2D eigenvalue weighted by molar-refractivity contribution is 0.255. The Kier molecular flexibility index (Phi) is 18.4. The van der Waals surface area contributed by atoms with Crippen LogP contribution in [0.15, 0.2) is 0 Å². The molecule has 0 aromatic rings. The molecule has 0 aliphatic heterocycles. The number of hydrogen-bond donors (Lipinski definition) is 0. The van der Waals surface area contributed by atoms with Crippen molar-refractivity contribution < 1.29 is 0 Å². The first-order chi connectivity index (χ1) is 12.5. The molecule has 158 valence electrons. The maximum atomic E-state index is 2.51. The van der Waals surface area contributed by atoms with Crippen molar-refractivity contribution in [1.82, 2.24) is 0 Å². The quantitative estimate of drug-likeness (QED) is 0.199. The third-order valence-electron chi connectivity index (χ3n) is 6.62. The van der Waals surface area contributed by atoms with Crippen LogP contribution in [0.2, 0.25) is 0 Å². The van der Waals surface area contributed by atoms with Gasteiger partial charge in [-0.15, -0.1) is 0 Å². The molecular formula is C26H54. The van der Waals surface area contributed by atoms with Gasteiger partial charge in [0.1, 0.15) is 0 Å². The molecule has 0 nitrogen and oxygen atoms in total. The highest BCUT2D eigenvalue weighted by Gasteiger charge is 2.17. The minimum Gasteiger partial charge on any atom is -0.0654 e. The summed E-state index contributed by atoms with van der Waals surface area (Å²) in [6, 6.07) is 0. The topological polar surface area (TPSA) is 0 Å². The number of unbranched alkanes of at least 4 members (excludes halogenated alkanes) is 10. The van der Waals surface area contributed by atoms with Gasteiger partial charge >= 0.3 is 0 Å². The summed E-state index contributed by atoms with van der Waals surface area (Å²) >= 11 is 0. The highest BCUT2D eigenvalue weighted by molar-refractivity contribution is 4.69. The Balaban J connectivity index is 3.70. The zero-order chi connectivity index (χ0) is 19.6. The molecule has 0 radical (unpaired) electrons. The maximum absolute atomic E-state index is 2.51. The van der Waals surface area contributed by atoms with Crippen molar-refractivity contribution in [2.75, 3.05) is 0 Å². The minimum atomic E-state index is 0.900. The van der Waals surface area contributed by atoms with Crippen LogP contribution in [-0.4, -0.2) is 0 Å². The lowest BCUT2D eigenvalue weighted by Crippen LogP contribution is -2.15. The predicted molar refractivity (Wildman–Crippen MR) is 122 cm³/mol. The molecule has 0 amide bonds. The van der Waals surface area contributed by atoms with Crippen molar-refractivity contribution in [3.8, 4) is 0 Å². The molecule has 0 heterocycles. The molecule has 0 aromatic heterocycles. The molecule has 4 atom stereocenters. The Morgan fingerprint density at radius 1 is 0.423 bits per heavy atom. The third-order valence-corrected chi connectivity index (χ3v) is 6.62. The van der Waals surface area contributed by atoms with E-state index in [9.17, 15) is 0 Å². The van der Waals surface area contributed by atoms with Gasteiger partial charge in [0, 0.05) is 0 Å². The van der Waals surface area contributed by atoms with Gasteiger partial charge < -0.3 is 0 Å². The normalized spacial score (nSPS) is 16.4.